The van der Waals surface area contributed by atoms with Gasteiger partial charge in [-0.1, -0.05) is 13.8 Å². The molecule has 0 aliphatic heterocycles. The van der Waals surface area contributed by atoms with Gasteiger partial charge in [0, 0.05) is 0 Å². The standard InChI is InChI=1S/C8H10N4O2/c1-3(2)5-4-6(12-11-5)9-8(14)10-7(4)13/h3H,1-2H3,(H3,9,10,11,12,13,14). The van der Waals surface area contributed by atoms with Crippen LogP contribution in [0.15, 0.2) is 9.59 Å². The first-order valence-electron chi connectivity index (χ1n) is 4.30. The summed E-state index contributed by atoms with van der Waals surface area (Å²) in [4.78, 5) is 27.0. The molecule has 0 spiro atoms. The molecular formula is C8H10N4O2. The molecule has 2 rings (SSSR count). The molecule has 3 N–H and O–H groups in total. The fourth-order valence-corrected chi connectivity index (χ4v) is 1.40. The number of H-pyrrole nitrogens is 3. The minimum Gasteiger partial charge on any atom is -0.290 e. The summed E-state index contributed by atoms with van der Waals surface area (Å²) in [6.45, 7) is 3.88. The molecule has 0 amide bonds. The largest absolute Gasteiger partial charge is 0.327 e. The number of nitrogens with one attached hydrogen (secondary N) is 3. The Hall–Kier alpha value is -1.85. The zero-order valence-corrected chi connectivity index (χ0v) is 7.84. The Labute approximate surface area is 78.4 Å². The first-order valence-corrected chi connectivity index (χ1v) is 4.30. The molecule has 14 heavy (non-hydrogen) atoms. The number of hydrogen-bond donors (Lipinski definition) is 3. The number of fused-ring (bicyclic) bond motifs is 1. The van der Waals surface area contributed by atoms with Crippen LogP contribution in [0.4, 0.5) is 0 Å². The van der Waals surface area contributed by atoms with Crippen LogP contribution in [0.2, 0.25) is 0 Å². The number of nitrogens with zero attached hydrogens (tertiary/aromatic N) is 1. The molecule has 2 aromatic heterocycles. The van der Waals surface area contributed by atoms with Gasteiger partial charge in [0.1, 0.15) is 5.39 Å². The minimum atomic E-state index is -0.538. The summed E-state index contributed by atoms with van der Waals surface area (Å²) in [5.41, 5.74) is 0.102. The van der Waals surface area contributed by atoms with Crippen molar-refractivity contribution < 1.29 is 0 Å². The number of rotatable bonds is 1. The van der Waals surface area contributed by atoms with E-state index in [2.05, 4.69) is 20.2 Å². The highest BCUT2D eigenvalue weighted by molar-refractivity contribution is 5.76. The Bertz CT molecular complexity index is 575. The van der Waals surface area contributed by atoms with E-state index in [1.54, 1.807) is 0 Å². The van der Waals surface area contributed by atoms with E-state index in [9.17, 15) is 9.59 Å². The summed E-state index contributed by atoms with van der Waals surface area (Å²) < 4.78 is 0. The molecule has 0 saturated heterocycles. The van der Waals surface area contributed by atoms with Gasteiger partial charge >= 0.3 is 5.69 Å². The average molecular weight is 194 g/mol. The van der Waals surface area contributed by atoms with Gasteiger partial charge in [-0.05, 0) is 5.92 Å². The van der Waals surface area contributed by atoms with Gasteiger partial charge in [-0.3, -0.25) is 19.9 Å². The molecule has 0 fully saturated rings. The molecule has 0 unspecified atom stereocenters. The van der Waals surface area contributed by atoms with Crippen molar-refractivity contribution in [1.29, 1.82) is 0 Å². The summed E-state index contributed by atoms with van der Waals surface area (Å²) >= 11 is 0. The summed E-state index contributed by atoms with van der Waals surface area (Å²) in [6, 6.07) is 0. The van der Waals surface area contributed by atoms with Crippen LogP contribution < -0.4 is 11.2 Å². The van der Waals surface area contributed by atoms with E-state index >= 15 is 0 Å². The van der Waals surface area contributed by atoms with Gasteiger partial charge in [-0.25, -0.2) is 4.79 Å². The topological polar surface area (TPSA) is 94.4 Å². The first kappa shape index (κ1) is 8.74. The maximum atomic E-state index is 11.5. The van der Waals surface area contributed by atoms with Gasteiger partial charge in [0.2, 0.25) is 0 Å². The molecule has 0 atom stereocenters. The van der Waals surface area contributed by atoms with Crippen molar-refractivity contribution in [3.8, 4) is 0 Å². The van der Waals surface area contributed by atoms with Gasteiger partial charge in [-0.15, -0.1) is 0 Å². The Balaban J connectivity index is 2.93. The summed E-state index contributed by atoms with van der Waals surface area (Å²) in [5, 5.41) is 7.03. The molecular weight excluding hydrogens is 184 g/mol. The van der Waals surface area contributed by atoms with Crippen LogP contribution >= 0.6 is 0 Å². The van der Waals surface area contributed by atoms with Crippen molar-refractivity contribution >= 4 is 11.0 Å². The smallest absolute Gasteiger partial charge is 0.290 e. The third-order valence-electron chi connectivity index (χ3n) is 2.06. The molecule has 0 aromatic carbocycles. The van der Waals surface area contributed by atoms with Crippen LogP contribution in [0.5, 0.6) is 0 Å². The predicted octanol–water partition coefficient (Wildman–Crippen LogP) is 0.0629. The lowest BCUT2D eigenvalue weighted by Gasteiger charge is -1.98. The molecule has 0 aliphatic carbocycles. The van der Waals surface area contributed by atoms with Gasteiger partial charge in [0.05, 0.1) is 5.69 Å². The second-order valence-electron chi connectivity index (χ2n) is 3.42. The van der Waals surface area contributed by atoms with E-state index in [-0.39, 0.29) is 5.92 Å². The lowest BCUT2D eigenvalue weighted by atomic mass is 10.1. The molecule has 0 radical (unpaired) electrons. The van der Waals surface area contributed by atoms with E-state index in [0.717, 1.165) is 5.69 Å². The van der Waals surface area contributed by atoms with Gasteiger partial charge in [-0.2, -0.15) is 5.10 Å². The normalized spacial score (nSPS) is 11.4. The van der Waals surface area contributed by atoms with Crippen LogP contribution in [0.25, 0.3) is 11.0 Å². The SMILES string of the molecule is CC(C)c1[nH]nc2[nH]c(=O)[nH]c(=O)c12. The Morgan fingerprint density at radius 3 is 2.57 bits per heavy atom. The molecule has 6 heteroatoms. The van der Waals surface area contributed by atoms with Gasteiger partial charge in [0.25, 0.3) is 5.56 Å². The highest BCUT2D eigenvalue weighted by Gasteiger charge is 2.12. The summed E-state index contributed by atoms with van der Waals surface area (Å²) in [5.74, 6) is 0.159. The molecule has 6 nitrogen and oxygen atoms in total. The molecule has 2 heterocycles. The second kappa shape index (κ2) is 2.83. The van der Waals surface area contributed by atoms with E-state index in [1.165, 1.54) is 0 Å². The fraction of sp³-hybridized carbons (Fsp3) is 0.375. The van der Waals surface area contributed by atoms with Crippen LogP contribution in [-0.4, -0.2) is 20.2 Å². The molecule has 74 valence electrons. The van der Waals surface area contributed by atoms with E-state index in [1.807, 2.05) is 13.8 Å². The monoisotopic (exact) mass is 194 g/mol. The van der Waals surface area contributed by atoms with Crippen molar-refractivity contribution in [3.05, 3.63) is 26.5 Å². The van der Waals surface area contributed by atoms with E-state index in [0.29, 0.717) is 11.0 Å². The lowest BCUT2D eigenvalue weighted by molar-refractivity contribution is 0.817. The average Bonchev–Trinajstić information content (AvgIpc) is 2.47. The van der Waals surface area contributed by atoms with Crippen LogP contribution in [0.3, 0.4) is 0 Å². The maximum Gasteiger partial charge on any atom is 0.327 e. The third-order valence-corrected chi connectivity index (χ3v) is 2.06. The van der Waals surface area contributed by atoms with Crippen molar-refractivity contribution in [3.63, 3.8) is 0 Å². The second-order valence-corrected chi connectivity index (χ2v) is 3.42. The summed E-state index contributed by atoms with van der Waals surface area (Å²) in [6.07, 6.45) is 0. The Kier molecular flexibility index (Phi) is 1.77. The zero-order valence-electron chi connectivity index (χ0n) is 7.84. The van der Waals surface area contributed by atoms with Crippen LogP contribution in [-0.2, 0) is 0 Å². The lowest BCUT2D eigenvalue weighted by Crippen LogP contribution is -2.22. The number of aromatic nitrogens is 4. The maximum absolute atomic E-state index is 11.5. The highest BCUT2D eigenvalue weighted by atomic mass is 16.2. The Morgan fingerprint density at radius 2 is 1.93 bits per heavy atom. The van der Waals surface area contributed by atoms with Crippen molar-refractivity contribution in [2.45, 2.75) is 19.8 Å². The van der Waals surface area contributed by atoms with Crippen molar-refractivity contribution in [1.82, 2.24) is 20.2 Å². The number of aromatic amines is 3. The minimum absolute atomic E-state index is 0.159. The quantitative estimate of drug-likeness (QED) is 0.599. The third kappa shape index (κ3) is 1.15. The summed E-state index contributed by atoms with van der Waals surface area (Å²) in [7, 11) is 0. The van der Waals surface area contributed by atoms with Gasteiger partial charge < -0.3 is 0 Å². The van der Waals surface area contributed by atoms with Gasteiger partial charge in [0.15, 0.2) is 5.65 Å². The van der Waals surface area contributed by atoms with Crippen LogP contribution in [0, 0.1) is 0 Å². The molecule has 2 aromatic rings. The Morgan fingerprint density at radius 1 is 1.21 bits per heavy atom. The zero-order chi connectivity index (χ0) is 10.3. The van der Waals surface area contributed by atoms with E-state index in [4.69, 9.17) is 0 Å². The highest BCUT2D eigenvalue weighted by Crippen LogP contribution is 2.16. The molecule has 0 aliphatic rings. The van der Waals surface area contributed by atoms with Crippen molar-refractivity contribution in [2.24, 2.45) is 0 Å². The molecule has 0 saturated carbocycles. The fourth-order valence-electron chi connectivity index (χ4n) is 1.40. The van der Waals surface area contributed by atoms with Crippen molar-refractivity contribution in [2.75, 3.05) is 0 Å². The van der Waals surface area contributed by atoms with Crippen LogP contribution in [0.1, 0.15) is 25.5 Å². The molecule has 0 bridgehead atoms. The van der Waals surface area contributed by atoms with E-state index < -0.39 is 11.2 Å². The first-order chi connectivity index (χ1) is 6.59. The number of hydrogen-bond acceptors (Lipinski definition) is 3. The predicted molar refractivity (Wildman–Crippen MR) is 51.4 cm³/mol.